The van der Waals surface area contributed by atoms with Gasteiger partial charge in [-0.15, -0.1) is 11.3 Å². The largest absolute Gasteiger partial charge is 0.339 e. The van der Waals surface area contributed by atoms with Crippen LogP contribution in [0.2, 0.25) is 0 Å². The molecule has 0 aliphatic heterocycles. The summed E-state index contributed by atoms with van der Waals surface area (Å²) < 4.78 is 14.2. The Morgan fingerprint density at radius 1 is 1.08 bits per heavy atom. The Morgan fingerprint density at radius 2 is 1.88 bits per heavy atom. The predicted octanol–water partition coefficient (Wildman–Crippen LogP) is 3.42. The number of pyridine rings is 1. The first-order valence-corrected chi connectivity index (χ1v) is 8.66. The lowest BCUT2D eigenvalue weighted by atomic mass is 10.1. The molecule has 0 spiro atoms. The van der Waals surface area contributed by atoms with Crippen molar-refractivity contribution >= 4 is 49.7 Å². The molecular formula is C18H15FN6S. The maximum Gasteiger partial charge on any atom is 0.166 e. The molecule has 4 aromatic rings. The zero-order valence-corrected chi connectivity index (χ0v) is 14.3. The lowest BCUT2D eigenvalue weighted by Crippen LogP contribution is -2.32. The average Bonchev–Trinajstić information content (AvgIpc) is 3.15. The van der Waals surface area contributed by atoms with Gasteiger partial charge in [-0.2, -0.15) is 5.10 Å². The van der Waals surface area contributed by atoms with Crippen LogP contribution in [0.5, 0.6) is 0 Å². The van der Waals surface area contributed by atoms with E-state index in [-0.39, 0.29) is 5.82 Å². The van der Waals surface area contributed by atoms with Crippen molar-refractivity contribution in [1.29, 1.82) is 0 Å². The summed E-state index contributed by atoms with van der Waals surface area (Å²) in [6.45, 7) is 0. The van der Waals surface area contributed by atoms with Gasteiger partial charge in [0.05, 0.1) is 10.2 Å². The SMILES string of the molecule is N/N=C(\NN)c1ccc2c(c1)nc(Nc1ccc(F)cc1)c1sccc12. The minimum absolute atomic E-state index is 0.282. The van der Waals surface area contributed by atoms with E-state index in [1.165, 1.54) is 12.1 Å². The molecule has 2 aromatic carbocycles. The maximum atomic E-state index is 13.1. The van der Waals surface area contributed by atoms with Crippen LogP contribution in [0, 0.1) is 5.82 Å². The van der Waals surface area contributed by atoms with Gasteiger partial charge in [-0.25, -0.2) is 15.2 Å². The highest BCUT2D eigenvalue weighted by atomic mass is 32.1. The molecule has 8 heteroatoms. The smallest absolute Gasteiger partial charge is 0.166 e. The quantitative estimate of drug-likeness (QED) is 0.193. The van der Waals surface area contributed by atoms with Crippen molar-refractivity contribution in [3.63, 3.8) is 0 Å². The predicted molar refractivity (Wildman–Crippen MR) is 105 cm³/mol. The molecule has 0 saturated carbocycles. The van der Waals surface area contributed by atoms with E-state index in [1.807, 2.05) is 23.6 Å². The summed E-state index contributed by atoms with van der Waals surface area (Å²) in [5.74, 6) is 11.6. The summed E-state index contributed by atoms with van der Waals surface area (Å²) in [4.78, 5) is 4.75. The van der Waals surface area contributed by atoms with E-state index in [1.54, 1.807) is 23.5 Å². The monoisotopic (exact) mass is 366 g/mol. The third-order valence-electron chi connectivity index (χ3n) is 4.05. The van der Waals surface area contributed by atoms with Crippen LogP contribution >= 0.6 is 11.3 Å². The standard InChI is InChI=1S/C18H15FN6S/c19-11-2-4-12(5-3-11)22-18-16-14(7-8-26-16)13-6-1-10(9-15(13)23-18)17(24-20)25-21/h1-9H,20-21H2,(H,22,23)(H,24,25). The van der Waals surface area contributed by atoms with Crippen molar-refractivity contribution in [2.45, 2.75) is 0 Å². The maximum absolute atomic E-state index is 13.1. The number of nitrogens with one attached hydrogen (secondary N) is 2. The Kier molecular flexibility index (Phi) is 4.11. The van der Waals surface area contributed by atoms with E-state index in [4.69, 9.17) is 16.7 Å². The summed E-state index contributed by atoms with van der Waals surface area (Å²) in [6, 6.07) is 13.9. The van der Waals surface area contributed by atoms with Crippen molar-refractivity contribution in [1.82, 2.24) is 10.4 Å². The number of hydrogen-bond donors (Lipinski definition) is 4. The van der Waals surface area contributed by atoms with Crippen LogP contribution in [-0.2, 0) is 0 Å². The average molecular weight is 366 g/mol. The number of nitrogens with zero attached hydrogens (tertiary/aromatic N) is 2. The number of aromatic nitrogens is 1. The van der Waals surface area contributed by atoms with Gasteiger partial charge in [-0.05, 0) is 41.8 Å². The van der Waals surface area contributed by atoms with E-state index in [0.717, 1.165) is 32.2 Å². The minimum atomic E-state index is -0.282. The van der Waals surface area contributed by atoms with Crippen molar-refractivity contribution < 1.29 is 4.39 Å². The Bertz CT molecular complexity index is 1120. The second-order valence-electron chi connectivity index (χ2n) is 5.61. The molecule has 0 aliphatic carbocycles. The van der Waals surface area contributed by atoms with Crippen LogP contribution < -0.4 is 22.4 Å². The van der Waals surface area contributed by atoms with Gasteiger partial charge in [0.1, 0.15) is 11.6 Å². The van der Waals surface area contributed by atoms with Crippen LogP contribution in [0.25, 0.3) is 21.0 Å². The highest BCUT2D eigenvalue weighted by Crippen LogP contribution is 2.35. The van der Waals surface area contributed by atoms with Crippen LogP contribution in [-0.4, -0.2) is 10.8 Å². The normalized spacial score (nSPS) is 11.8. The molecule has 0 radical (unpaired) electrons. The van der Waals surface area contributed by atoms with Gasteiger partial charge in [0.25, 0.3) is 0 Å². The Balaban J connectivity index is 1.87. The van der Waals surface area contributed by atoms with E-state index >= 15 is 0 Å². The number of anilines is 2. The summed E-state index contributed by atoms with van der Waals surface area (Å²) in [5, 5.41) is 11.0. The van der Waals surface area contributed by atoms with E-state index in [2.05, 4.69) is 21.9 Å². The first-order chi connectivity index (χ1) is 12.7. The van der Waals surface area contributed by atoms with Crippen molar-refractivity contribution in [3.8, 4) is 0 Å². The highest BCUT2D eigenvalue weighted by molar-refractivity contribution is 7.18. The first-order valence-electron chi connectivity index (χ1n) is 7.78. The van der Waals surface area contributed by atoms with Crippen LogP contribution in [0.4, 0.5) is 15.9 Å². The Hall–Kier alpha value is -3.23. The molecular weight excluding hydrogens is 351 g/mol. The zero-order chi connectivity index (χ0) is 18.1. The molecule has 0 unspecified atom stereocenters. The number of benzene rings is 2. The molecule has 6 N–H and O–H groups in total. The van der Waals surface area contributed by atoms with Crippen LogP contribution in [0.3, 0.4) is 0 Å². The summed E-state index contributed by atoms with van der Waals surface area (Å²) in [7, 11) is 0. The number of hydrazine groups is 1. The number of fused-ring (bicyclic) bond motifs is 3. The fourth-order valence-corrected chi connectivity index (χ4v) is 3.68. The molecule has 4 rings (SSSR count). The Labute approximate surface area is 152 Å². The first kappa shape index (κ1) is 16.2. The van der Waals surface area contributed by atoms with E-state index < -0.39 is 0 Å². The molecule has 26 heavy (non-hydrogen) atoms. The van der Waals surface area contributed by atoms with Gasteiger partial charge in [0.2, 0.25) is 0 Å². The topological polar surface area (TPSA) is 101 Å². The lowest BCUT2D eigenvalue weighted by Gasteiger charge is -2.11. The molecule has 0 fully saturated rings. The second kappa shape index (κ2) is 6.58. The lowest BCUT2D eigenvalue weighted by molar-refractivity contribution is 0.628. The fraction of sp³-hybridized carbons (Fsp3) is 0. The Morgan fingerprint density at radius 3 is 2.62 bits per heavy atom. The van der Waals surface area contributed by atoms with Gasteiger partial charge < -0.3 is 16.6 Å². The van der Waals surface area contributed by atoms with Gasteiger partial charge >= 0.3 is 0 Å². The molecule has 2 aromatic heterocycles. The third kappa shape index (κ3) is 2.81. The third-order valence-corrected chi connectivity index (χ3v) is 4.97. The molecule has 2 heterocycles. The van der Waals surface area contributed by atoms with Gasteiger partial charge in [0, 0.05) is 22.0 Å². The van der Waals surface area contributed by atoms with E-state index in [0.29, 0.717) is 11.7 Å². The summed E-state index contributed by atoms with van der Waals surface area (Å²) in [5.41, 5.74) is 4.74. The number of halogens is 1. The minimum Gasteiger partial charge on any atom is -0.339 e. The van der Waals surface area contributed by atoms with Gasteiger partial charge in [-0.1, -0.05) is 12.1 Å². The molecule has 0 amide bonds. The van der Waals surface area contributed by atoms with E-state index in [9.17, 15) is 4.39 Å². The number of nitrogens with two attached hydrogens (primary N) is 2. The second-order valence-corrected chi connectivity index (χ2v) is 6.53. The van der Waals surface area contributed by atoms with Crippen molar-refractivity contribution in [2.75, 3.05) is 5.32 Å². The number of hydrogen-bond acceptors (Lipinski definition) is 6. The summed E-state index contributed by atoms with van der Waals surface area (Å²) in [6.07, 6.45) is 0. The molecule has 0 saturated heterocycles. The zero-order valence-electron chi connectivity index (χ0n) is 13.5. The number of rotatable bonds is 3. The number of amidine groups is 1. The highest BCUT2D eigenvalue weighted by Gasteiger charge is 2.12. The van der Waals surface area contributed by atoms with Crippen LogP contribution in [0.1, 0.15) is 5.56 Å². The van der Waals surface area contributed by atoms with Crippen molar-refractivity contribution in [2.24, 2.45) is 16.8 Å². The molecule has 0 bridgehead atoms. The molecule has 6 nitrogen and oxygen atoms in total. The summed E-state index contributed by atoms with van der Waals surface area (Å²) >= 11 is 1.60. The van der Waals surface area contributed by atoms with Crippen molar-refractivity contribution in [3.05, 3.63) is 65.3 Å². The van der Waals surface area contributed by atoms with Gasteiger partial charge in [-0.3, -0.25) is 0 Å². The van der Waals surface area contributed by atoms with Crippen LogP contribution in [0.15, 0.2) is 59.0 Å². The number of hydrazone groups is 1. The number of thiophene rings is 1. The van der Waals surface area contributed by atoms with Gasteiger partial charge in [0.15, 0.2) is 5.84 Å². The fourth-order valence-electron chi connectivity index (χ4n) is 2.82. The molecule has 0 atom stereocenters. The molecule has 0 aliphatic rings. The molecule has 130 valence electrons.